The van der Waals surface area contributed by atoms with Crippen molar-refractivity contribution in [1.82, 2.24) is 13.9 Å². The first-order valence-corrected chi connectivity index (χ1v) is 8.09. The Morgan fingerprint density at radius 3 is 2.58 bits per heavy atom. The summed E-state index contributed by atoms with van der Waals surface area (Å²) in [6.07, 6.45) is 4.13. The van der Waals surface area contributed by atoms with Crippen LogP contribution in [0.3, 0.4) is 0 Å². The van der Waals surface area contributed by atoms with Gasteiger partial charge in [0.2, 0.25) is 0 Å². The highest BCUT2D eigenvalue weighted by atomic mass is 32.2. The number of aromatic nitrogens is 2. The lowest BCUT2D eigenvalue weighted by Crippen LogP contribution is -2.40. The molecule has 1 aliphatic rings. The number of nitrogens with zero attached hydrogens (tertiary/aromatic N) is 3. The number of aryl methyl sites for hydroxylation is 1. The van der Waals surface area contributed by atoms with Crippen LogP contribution in [0.1, 0.15) is 26.7 Å². The SMILES string of the molecule is CCn1cnc(S(=O)(=O)N2CCC(C(C)O)CC2)c1. The topological polar surface area (TPSA) is 75.4 Å². The number of rotatable bonds is 4. The summed E-state index contributed by atoms with van der Waals surface area (Å²) in [6.45, 7) is 5.31. The van der Waals surface area contributed by atoms with E-state index < -0.39 is 10.0 Å². The number of sulfonamides is 1. The molecular weight excluding hydrogens is 266 g/mol. The van der Waals surface area contributed by atoms with Crippen LogP contribution in [0, 0.1) is 5.92 Å². The van der Waals surface area contributed by atoms with E-state index in [9.17, 15) is 13.5 Å². The third kappa shape index (κ3) is 2.98. The predicted octanol–water partition coefficient (Wildman–Crippen LogP) is 0.684. The van der Waals surface area contributed by atoms with Crippen LogP contribution in [-0.2, 0) is 16.6 Å². The minimum absolute atomic E-state index is 0.116. The summed E-state index contributed by atoms with van der Waals surface area (Å²) in [4.78, 5) is 3.97. The molecule has 19 heavy (non-hydrogen) atoms. The Morgan fingerprint density at radius 1 is 1.47 bits per heavy atom. The van der Waals surface area contributed by atoms with Crippen molar-refractivity contribution in [3.63, 3.8) is 0 Å². The Kier molecular flexibility index (Phi) is 4.27. The summed E-state index contributed by atoms with van der Waals surface area (Å²) < 4.78 is 28.0. The maximum atomic E-state index is 12.4. The van der Waals surface area contributed by atoms with E-state index in [-0.39, 0.29) is 17.0 Å². The third-order valence-corrected chi connectivity index (χ3v) is 5.54. The monoisotopic (exact) mass is 287 g/mol. The summed E-state index contributed by atoms with van der Waals surface area (Å²) in [5.41, 5.74) is 0. The molecule has 1 saturated heterocycles. The highest BCUT2D eigenvalue weighted by molar-refractivity contribution is 7.89. The van der Waals surface area contributed by atoms with Gasteiger partial charge in [-0.1, -0.05) is 0 Å². The van der Waals surface area contributed by atoms with E-state index in [1.807, 2.05) is 6.92 Å². The molecule has 1 fully saturated rings. The largest absolute Gasteiger partial charge is 0.393 e. The average Bonchev–Trinajstić information content (AvgIpc) is 2.88. The van der Waals surface area contributed by atoms with Crippen molar-refractivity contribution < 1.29 is 13.5 Å². The second-order valence-electron chi connectivity index (χ2n) is 5.02. The minimum Gasteiger partial charge on any atom is -0.393 e. The summed E-state index contributed by atoms with van der Waals surface area (Å²) in [5.74, 6) is 0.194. The van der Waals surface area contributed by atoms with Gasteiger partial charge in [0.1, 0.15) is 0 Å². The molecule has 1 aromatic rings. The van der Waals surface area contributed by atoms with E-state index >= 15 is 0 Å². The van der Waals surface area contributed by atoms with Gasteiger partial charge in [0.25, 0.3) is 10.0 Å². The highest BCUT2D eigenvalue weighted by Gasteiger charge is 2.32. The highest BCUT2D eigenvalue weighted by Crippen LogP contribution is 2.24. The first kappa shape index (κ1) is 14.5. The summed E-state index contributed by atoms with van der Waals surface area (Å²) in [5, 5.41) is 9.65. The molecule has 0 aliphatic carbocycles. The van der Waals surface area contributed by atoms with Crippen LogP contribution in [-0.4, -0.2) is 46.6 Å². The van der Waals surface area contributed by atoms with Gasteiger partial charge in [0.15, 0.2) is 5.03 Å². The molecule has 0 radical (unpaired) electrons. The van der Waals surface area contributed by atoms with Gasteiger partial charge in [-0.15, -0.1) is 0 Å². The van der Waals surface area contributed by atoms with Gasteiger partial charge in [0.05, 0.1) is 12.4 Å². The molecule has 0 aromatic carbocycles. The molecule has 6 nitrogen and oxygen atoms in total. The maximum absolute atomic E-state index is 12.4. The van der Waals surface area contributed by atoms with Crippen LogP contribution in [0.2, 0.25) is 0 Å². The van der Waals surface area contributed by atoms with Crippen LogP contribution < -0.4 is 0 Å². The van der Waals surface area contributed by atoms with E-state index in [0.29, 0.717) is 32.5 Å². The van der Waals surface area contributed by atoms with Crippen molar-refractivity contribution in [2.45, 2.75) is 44.4 Å². The number of aliphatic hydroxyl groups is 1. The zero-order valence-electron chi connectivity index (χ0n) is 11.4. The molecule has 0 spiro atoms. The van der Waals surface area contributed by atoms with Gasteiger partial charge in [-0.25, -0.2) is 13.4 Å². The Balaban J connectivity index is 2.09. The molecule has 0 amide bonds. The lowest BCUT2D eigenvalue weighted by Gasteiger charge is -2.31. The smallest absolute Gasteiger partial charge is 0.262 e. The zero-order valence-corrected chi connectivity index (χ0v) is 12.2. The number of aliphatic hydroxyl groups excluding tert-OH is 1. The Labute approximate surface area is 114 Å². The summed E-state index contributed by atoms with van der Waals surface area (Å²) in [7, 11) is -3.48. The number of hydrogen-bond acceptors (Lipinski definition) is 4. The third-order valence-electron chi connectivity index (χ3n) is 3.76. The van der Waals surface area contributed by atoms with E-state index in [4.69, 9.17) is 0 Å². The zero-order chi connectivity index (χ0) is 14.0. The first-order chi connectivity index (χ1) is 8.95. The average molecular weight is 287 g/mol. The van der Waals surface area contributed by atoms with Crippen LogP contribution in [0.25, 0.3) is 0 Å². The second-order valence-corrected chi connectivity index (χ2v) is 6.91. The lowest BCUT2D eigenvalue weighted by atomic mass is 9.93. The van der Waals surface area contributed by atoms with Gasteiger partial charge in [-0.05, 0) is 32.6 Å². The molecule has 0 bridgehead atoms. The van der Waals surface area contributed by atoms with Crippen LogP contribution in [0.4, 0.5) is 0 Å². The molecular formula is C12H21N3O3S. The minimum atomic E-state index is -3.48. The van der Waals surface area contributed by atoms with E-state index in [0.717, 1.165) is 0 Å². The van der Waals surface area contributed by atoms with Crippen molar-refractivity contribution in [1.29, 1.82) is 0 Å². The molecule has 1 atom stereocenters. The maximum Gasteiger partial charge on any atom is 0.262 e. The van der Waals surface area contributed by atoms with E-state index in [1.165, 1.54) is 10.6 Å². The molecule has 1 N–H and O–H groups in total. The van der Waals surface area contributed by atoms with Crippen LogP contribution >= 0.6 is 0 Å². The molecule has 7 heteroatoms. The fourth-order valence-electron chi connectivity index (χ4n) is 2.38. The number of imidazole rings is 1. The fourth-order valence-corrected chi connectivity index (χ4v) is 3.78. The van der Waals surface area contributed by atoms with E-state index in [2.05, 4.69) is 4.98 Å². The van der Waals surface area contributed by atoms with Crippen molar-refractivity contribution >= 4 is 10.0 Å². The van der Waals surface area contributed by atoms with E-state index in [1.54, 1.807) is 17.7 Å². The van der Waals surface area contributed by atoms with Gasteiger partial charge in [-0.2, -0.15) is 4.31 Å². The molecule has 1 unspecified atom stereocenters. The molecule has 1 aliphatic heterocycles. The number of piperidine rings is 1. The quantitative estimate of drug-likeness (QED) is 0.884. The second kappa shape index (κ2) is 5.60. The van der Waals surface area contributed by atoms with Gasteiger partial charge in [0, 0.05) is 25.8 Å². The van der Waals surface area contributed by atoms with Gasteiger partial charge in [-0.3, -0.25) is 0 Å². The molecule has 2 heterocycles. The Hall–Kier alpha value is -0.920. The summed E-state index contributed by atoms with van der Waals surface area (Å²) >= 11 is 0. The summed E-state index contributed by atoms with van der Waals surface area (Å²) in [6, 6.07) is 0. The van der Waals surface area contributed by atoms with Crippen LogP contribution in [0.5, 0.6) is 0 Å². The van der Waals surface area contributed by atoms with Crippen LogP contribution in [0.15, 0.2) is 17.6 Å². The first-order valence-electron chi connectivity index (χ1n) is 6.65. The molecule has 1 aromatic heterocycles. The lowest BCUT2D eigenvalue weighted by molar-refractivity contribution is 0.0911. The molecule has 0 saturated carbocycles. The van der Waals surface area contributed by atoms with Crippen molar-refractivity contribution in [2.75, 3.05) is 13.1 Å². The molecule has 2 rings (SSSR count). The van der Waals surface area contributed by atoms with Crippen molar-refractivity contribution in [3.8, 4) is 0 Å². The predicted molar refractivity (Wildman–Crippen MR) is 71.1 cm³/mol. The van der Waals surface area contributed by atoms with Gasteiger partial charge >= 0.3 is 0 Å². The standard InChI is InChI=1S/C12H21N3O3S/c1-3-14-8-12(13-9-14)19(17,18)15-6-4-11(5-7-15)10(2)16/h8-11,16H,3-7H2,1-2H3. The molecule has 108 valence electrons. The normalized spacial score (nSPS) is 20.6. The van der Waals surface area contributed by atoms with Gasteiger partial charge < -0.3 is 9.67 Å². The van der Waals surface area contributed by atoms with Crippen molar-refractivity contribution in [3.05, 3.63) is 12.5 Å². The Bertz CT molecular complexity index is 516. The number of hydrogen-bond donors (Lipinski definition) is 1. The fraction of sp³-hybridized carbons (Fsp3) is 0.750. The van der Waals surface area contributed by atoms with Crippen molar-refractivity contribution in [2.24, 2.45) is 5.92 Å². The Morgan fingerprint density at radius 2 is 2.11 bits per heavy atom.